The van der Waals surface area contributed by atoms with E-state index >= 15 is 0 Å². The summed E-state index contributed by atoms with van der Waals surface area (Å²) in [6, 6.07) is 2.30. The Morgan fingerprint density at radius 2 is 2.21 bits per heavy atom. The Labute approximate surface area is 119 Å². The van der Waals surface area contributed by atoms with E-state index in [4.69, 9.17) is 0 Å². The quantitative estimate of drug-likeness (QED) is 0.841. The van der Waals surface area contributed by atoms with Crippen molar-refractivity contribution in [3.8, 4) is 0 Å². The van der Waals surface area contributed by atoms with Gasteiger partial charge in [-0.05, 0) is 51.2 Å². The molecule has 1 aromatic heterocycles. The third-order valence-electron chi connectivity index (χ3n) is 3.74. The van der Waals surface area contributed by atoms with Crippen molar-refractivity contribution in [3.05, 3.63) is 21.4 Å². The second-order valence-corrected chi connectivity index (χ2v) is 7.13. The van der Waals surface area contributed by atoms with Crippen LogP contribution in [0.3, 0.4) is 0 Å². The molecule has 1 heterocycles. The number of nitrogens with one attached hydrogen (secondary N) is 2. The minimum atomic E-state index is -0.108. The number of fused-ring (bicyclic) bond motifs is 1. The van der Waals surface area contributed by atoms with Crippen LogP contribution < -0.4 is 10.6 Å². The molecule has 1 aromatic rings. The lowest BCUT2D eigenvalue weighted by atomic mass is 10.0. The number of carbonyl (C=O) groups excluding carboxylic acids is 1. The van der Waals surface area contributed by atoms with Gasteiger partial charge in [-0.2, -0.15) is 0 Å². The van der Waals surface area contributed by atoms with Gasteiger partial charge in [0, 0.05) is 21.8 Å². The van der Waals surface area contributed by atoms with Gasteiger partial charge in [0.1, 0.15) is 0 Å². The van der Waals surface area contributed by atoms with E-state index in [1.54, 1.807) is 4.88 Å². The first-order valence-corrected chi connectivity index (χ1v) is 7.94. The molecule has 3 nitrogen and oxygen atoms in total. The van der Waals surface area contributed by atoms with Gasteiger partial charge in [-0.25, -0.2) is 0 Å². The summed E-state index contributed by atoms with van der Waals surface area (Å²) in [6.07, 6.45) is 4.72. The zero-order valence-electron chi connectivity index (χ0n) is 12.1. The minimum absolute atomic E-state index is 0.0796. The molecule has 0 radical (unpaired) electrons. The van der Waals surface area contributed by atoms with Gasteiger partial charge in [0.05, 0.1) is 6.54 Å². The van der Waals surface area contributed by atoms with Gasteiger partial charge in [-0.1, -0.05) is 6.92 Å². The van der Waals surface area contributed by atoms with Crippen LogP contribution in [-0.2, 0) is 24.2 Å². The average Bonchev–Trinajstić information content (AvgIpc) is 2.88. The van der Waals surface area contributed by atoms with E-state index in [1.165, 1.54) is 29.7 Å². The van der Waals surface area contributed by atoms with Gasteiger partial charge in [-0.3, -0.25) is 4.79 Å². The molecule has 0 saturated carbocycles. The van der Waals surface area contributed by atoms with Crippen LogP contribution in [0.1, 0.15) is 48.9 Å². The third-order valence-corrected chi connectivity index (χ3v) is 4.98. The fraction of sp³-hybridized carbons (Fsp3) is 0.667. The summed E-state index contributed by atoms with van der Waals surface area (Å²) in [4.78, 5) is 14.7. The Kier molecular flexibility index (Phi) is 4.63. The molecule has 2 rings (SSSR count). The number of rotatable bonds is 6. The highest BCUT2D eigenvalue weighted by Crippen LogP contribution is 2.30. The number of carbonyl (C=O) groups is 1. The Morgan fingerprint density at radius 3 is 2.89 bits per heavy atom. The monoisotopic (exact) mass is 280 g/mol. The standard InChI is InChI=1S/C15H24N2OS/c1-4-15(2,3)17-14(18)10-16-9-12-8-11-6-5-7-13(11)19-12/h8,16H,4-7,9-10H2,1-3H3,(H,17,18). The lowest BCUT2D eigenvalue weighted by Crippen LogP contribution is -2.46. The largest absolute Gasteiger partial charge is 0.350 e. The maximum atomic E-state index is 11.8. The molecule has 19 heavy (non-hydrogen) atoms. The molecule has 0 saturated heterocycles. The molecule has 1 amide bonds. The predicted octanol–water partition coefficient (Wildman–Crippen LogP) is 2.63. The molecule has 0 unspecified atom stereocenters. The van der Waals surface area contributed by atoms with Crippen molar-refractivity contribution in [2.75, 3.05) is 6.54 Å². The van der Waals surface area contributed by atoms with Crippen molar-refractivity contribution in [2.45, 2.75) is 58.5 Å². The van der Waals surface area contributed by atoms with Crippen LogP contribution in [-0.4, -0.2) is 18.0 Å². The summed E-state index contributed by atoms with van der Waals surface area (Å²) in [5.41, 5.74) is 1.42. The molecule has 0 aliphatic heterocycles. The molecule has 1 aliphatic rings. The van der Waals surface area contributed by atoms with Gasteiger partial charge in [0.15, 0.2) is 0 Å². The fourth-order valence-electron chi connectivity index (χ4n) is 2.29. The summed E-state index contributed by atoms with van der Waals surface area (Å²) in [5.74, 6) is 0.0796. The molecular formula is C15H24N2OS. The summed E-state index contributed by atoms with van der Waals surface area (Å²) < 4.78 is 0. The number of hydrogen-bond donors (Lipinski definition) is 2. The van der Waals surface area contributed by atoms with E-state index in [-0.39, 0.29) is 11.4 Å². The number of hydrogen-bond acceptors (Lipinski definition) is 3. The summed E-state index contributed by atoms with van der Waals surface area (Å²) in [5, 5.41) is 6.27. The van der Waals surface area contributed by atoms with Gasteiger partial charge in [0.25, 0.3) is 0 Å². The molecule has 4 heteroatoms. The smallest absolute Gasteiger partial charge is 0.234 e. The van der Waals surface area contributed by atoms with E-state index in [1.807, 2.05) is 11.3 Å². The Hall–Kier alpha value is -0.870. The van der Waals surface area contributed by atoms with Crippen molar-refractivity contribution >= 4 is 17.2 Å². The van der Waals surface area contributed by atoms with E-state index in [0.717, 1.165) is 13.0 Å². The Bertz CT molecular complexity index is 429. The lowest BCUT2D eigenvalue weighted by molar-refractivity contribution is -0.121. The maximum Gasteiger partial charge on any atom is 0.234 e. The summed E-state index contributed by atoms with van der Waals surface area (Å²) >= 11 is 1.90. The van der Waals surface area contributed by atoms with Gasteiger partial charge < -0.3 is 10.6 Å². The zero-order valence-corrected chi connectivity index (χ0v) is 13.0. The second kappa shape index (κ2) is 6.06. The minimum Gasteiger partial charge on any atom is -0.350 e. The van der Waals surface area contributed by atoms with Crippen LogP contribution in [0.25, 0.3) is 0 Å². The molecule has 106 valence electrons. The zero-order chi connectivity index (χ0) is 13.9. The molecule has 0 aromatic carbocycles. The molecule has 0 fully saturated rings. The first-order chi connectivity index (χ1) is 9.00. The van der Waals surface area contributed by atoms with E-state index < -0.39 is 0 Å². The summed E-state index contributed by atoms with van der Waals surface area (Å²) in [6.45, 7) is 7.38. The molecule has 1 aliphatic carbocycles. The third kappa shape index (κ3) is 4.05. The van der Waals surface area contributed by atoms with Crippen LogP contribution in [0.2, 0.25) is 0 Å². The first kappa shape index (κ1) is 14.5. The second-order valence-electron chi connectivity index (χ2n) is 5.90. The average molecular weight is 280 g/mol. The van der Waals surface area contributed by atoms with Crippen LogP contribution in [0.5, 0.6) is 0 Å². The molecule has 2 N–H and O–H groups in total. The van der Waals surface area contributed by atoms with E-state index in [0.29, 0.717) is 6.54 Å². The summed E-state index contributed by atoms with van der Waals surface area (Å²) in [7, 11) is 0. The lowest BCUT2D eigenvalue weighted by Gasteiger charge is -2.24. The number of aryl methyl sites for hydroxylation is 2. The maximum absolute atomic E-state index is 11.8. The fourth-order valence-corrected chi connectivity index (χ4v) is 3.52. The SMILES string of the molecule is CCC(C)(C)NC(=O)CNCc1cc2c(s1)CCC2. The van der Waals surface area contributed by atoms with Crippen LogP contribution in [0, 0.1) is 0 Å². The van der Waals surface area contributed by atoms with Gasteiger partial charge in [-0.15, -0.1) is 11.3 Å². The Morgan fingerprint density at radius 1 is 1.42 bits per heavy atom. The van der Waals surface area contributed by atoms with Crippen LogP contribution in [0.15, 0.2) is 6.07 Å². The van der Waals surface area contributed by atoms with Crippen molar-refractivity contribution in [3.63, 3.8) is 0 Å². The molecule has 0 atom stereocenters. The van der Waals surface area contributed by atoms with E-state index in [2.05, 4.69) is 37.5 Å². The van der Waals surface area contributed by atoms with Crippen LogP contribution in [0.4, 0.5) is 0 Å². The molecular weight excluding hydrogens is 256 g/mol. The van der Waals surface area contributed by atoms with Crippen molar-refractivity contribution < 1.29 is 4.79 Å². The number of amides is 1. The van der Waals surface area contributed by atoms with Gasteiger partial charge >= 0.3 is 0 Å². The Balaban J connectivity index is 1.72. The van der Waals surface area contributed by atoms with Crippen molar-refractivity contribution in [1.29, 1.82) is 0 Å². The van der Waals surface area contributed by atoms with E-state index in [9.17, 15) is 4.79 Å². The topological polar surface area (TPSA) is 41.1 Å². The molecule has 0 bridgehead atoms. The highest BCUT2D eigenvalue weighted by Gasteiger charge is 2.18. The normalized spacial score (nSPS) is 14.5. The van der Waals surface area contributed by atoms with Crippen LogP contribution >= 0.6 is 11.3 Å². The first-order valence-electron chi connectivity index (χ1n) is 7.12. The number of thiophene rings is 1. The highest BCUT2D eigenvalue weighted by molar-refractivity contribution is 7.12. The van der Waals surface area contributed by atoms with Crippen molar-refractivity contribution in [2.24, 2.45) is 0 Å². The predicted molar refractivity (Wildman–Crippen MR) is 80.6 cm³/mol. The van der Waals surface area contributed by atoms with Gasteiger partial charge in [0.2, 0.25) is 5.91 Å². The van der Waals surface area contributed by atoms with Crippen molar-refractivity contribution in [1.82, 2.24) is 10.6 Å². The molecule has 0 spiro atoms. The highest BCUT2D eigenvalue weighted by atomic mass is 32.1.